The van der Waals surface area contributed by atoms with Gasteiger partial charge in [0.15, 0.2) is 0 Å². The molecule has 3 aromatic rings. The summed E-state index contributed by atoms with van der Waals surface area (Å²) < 4.78 is 0. The second-order valence-corrected chi connectivity index (χ2v) is 7.43. The van der Waals surface area contributed by atoms with Crippen molar-refractivity contribution >= 4 is 22.6 Å². The predicted octanol–water partition coefficient (Wildman–Crippen LogP) is 4.29. The molecule has 1 fully saturated rings. The number of ketones is 1. The lowest BCUT2D eigenvalue weighted by Gasteiger charge is -2.32. The van der Waals surface area contributed by atoms with Crippen molar-refractivity contribution in [2.75, 3.05) is 13.1 Å². The van der Waals surface area contributed by atoms with Crippen LogP contribution < -0.4 is 0 Å². The van der Waals surface area contributed by atoms with Crippen LogP contribution in [0.15, 0.2) is 66.7 Å². The summed E-state index contributed by atoms with van der Waals surface area (Å²) in [5.41, 5.74) is 2.46. The zero-order chi connectivity index (χ0) is 19.3. The SMILES string of the molecule is O=C(CCc1ccccc1)[C@H]1CCCN(C(=O)c2ccc3ccccc3n2)C1. The van der Waals surface area contributed by atoms with Gasteiger partial charge in [-0.25, -0.2) is 4.98 Å². The fraction of sp³-hybridized carbons (Fsp3) is 0.292. The van der Waals surface area contributed by atoms with E-state index >= 15 is 0 Å². The van der Waals surface area contributed by atoms with Crippen molar-refractivity contribution < 1.29 is 9.59 Å². The van der Waals surface area contributed by atoms with E-state index in [4.69, 9.17) is 0 Å². The third-order valence-corrected chi connectivity index (χ3v) is 5.48. The highest BCUT2D eigenvalue weighted by atomic mass is 16.2. The molecule has 1 aromatic heterocycles. The molecule has 0 bridgehead atoms. The molecule has 0 saturated carbocycles. The van der Waals surface area contributed by atoms with Gasteiger partial charge < -0.3 is 4.90 Å². The number of rotatable bonds is 5. The number of likely N-dealkylation sites (tertiary alicyclic amines) is 1. The second kappa shape index (κ2) is 8.34. The van der Waals surface area contributed by atoms with Gasteiger partial charge in [0, 0.05) is 30.8 Å². The van der Waals surface area contributed by atoms with Crippen molar-refractivity contribution in [2.45, 2.75) is 25.7 Å². The summed E-state index contributed by atoms with van der Waals surface area (Å²) in [6, 6.07) is 21.6. The quantitative estimate of drug-likeness (QED) is 0.671. The summed E-state index contributed by atoms with van der Waals surface area (Å²) in [5.74, 6) is 0.112. The lowest BCUT2D eigenvalue weighted by Crippen LogP contribution is -2.42. The molecule has 28 heavy (non-hydrogen) atoms. The van der Waals surface area contributed by atoms with Crippen molar-refractivity contribution in [3.8, 4) is 0 Å². The lowest BCUT2D eigenvalue weighted by molar-refractivity contribution is -0.124. The van der Waals surface area contributed by atoms with Crippen LogP contribution in [0, 0.1) is 5.92 Å². The molecule has 0 N–H and O–H groups in total. The second-order valence-electron chi connectivity index (χ2n) is 7.43. The summed E-state index contributed by atoms with van der Waals surface area (Å²) >= 11 is 0. The highest BCUT2D eigenvalue weighted by Gasteiger charge is 2.29. The number of aryl methyl sites for hydroxylation is 1. The Morgan fingerprint density at radius 1 is 0.964 bits per heavy atom. The molecule has 1 aliphatic heterocycles. The van der Waals surface area contributed by atoms with Gasteiger partial charge in [0.25, 0.3) is 5.91 Å². The zero-order valence-corrected chi connectivity index (χ0v) is 15.9. The minimum absolute atomic E-state index is 0.0677. The van der Waals surface area contributed by atoms with Gasteiger partial charge in [-0.05, 0) is 37.0 Å². The molecule has 4 heteroatoms. The van der Waals surface area contributed by atoms with E-state index in [1.54, 1.807) is 11.0 Å². The number of Topliss-reactive ketones (excluding diaryl/α,β-unsaturated/α-hetero) is 1. The molecular weight excluding hydrogens is 348 g/mol. The zero-order valence-electron chi connectivity index (χ0n) is 15.9. The Bertz CT molecular complexity index is 984. The van der Waals surface area contributed by atoms with Crippen LogP contribution in [0.5, 0.6) is 0 Å². The van der Waals surface area contributed by atoms with Crippen LogP contribution in [0.2, 0.25) is 0 Å². The minimum Gasteiger partial charge on any atom is -0.337 e. The molecule has 1 saturated heterocycles. The topological polar surface area (TPSA) is 50.3 Å². The van der Waals surface area contributed by atoms with E-state index < -0.39 is 0 Å². The Hall–Kier alpha value is -3.01. The molecule has 0 aliphatic carbocycles. The van der Waals surface area contributed by atoms with Crippen LogP contribution in [0.25, 0.3) is 10.9 Å². The number of pyridine rings is 1. The average Bonchev–Trinajstić information content (AvgIpc) is 2.77. The van der Waals surface area contributed by atoms with E-state index in [2.05, 4.69) is 17.1 Å². The predicted molar refractivity (Wildman–Crippen MR) is 110 cm³/mol. The van der Waals surface area contributed by atoms with E-state index in [0.717, 1.165) is 30.2 Å². The fourth-order valence-electron chi connectivity index (χ4n) is 3.89. The number of carbonyl (C=O) groups excluding carboxylic acids is 2. The number of hydrogen-bond acceptors (Lipinski definition) is 3. The van der Waals surface area contributed by atoms with Crippen molar-refractivity contribution in [3.05, 3.63) is 78.0 Å². The first-order valence-electron chi connectivity index (χ1n) is 9.92. The number of hydrogen-bond donors (Lipinski definition) is 0. The molecule has 2 aromatic carbocycles. The molecule has 142 valence electrons. The van der Waals surface area contributed by atoms with Gasteiger partial charge in [-0.2, -0.15) is 0 Å². The van der Waals surface area contributed by atoms with E-state index in [1.807, 2.05) is 48.5 Å². The van der Waals surface area contributed by atoms with E-state index in [0.29, 0.717) is 25.2 Å². The molecule has 0 radical (unpaired) electrons. The number of fused-ring (bicyclic) bond motifs is 1. The number of benzene rings is 2. The number of para-hydroxylation sites is 1. The Labute approximate surface area is 165 Å². The van der Waals surface area contributed by atoms with Crippen molar-refractivity contribution in [1.29, 1.82) is 0 Å². The normalized spacial score (nSPS) is 16.9. The molecule has 1 amide bonds. The first-order chi connectivity index (χ1) is 13.7. The number of nitrogens with zero attached hydrogens (tertiary/aromatic N) is 2. The van der Waals surface area contributed by atoms with Crippen LogP contribution in [-0.2, 0) is 11.2 Å². The number of aromatic nitrogens is 1. The highest BCUT2D eigenvalue weighted by Crippen LogP contribution is 2.22. The Kier molecular flexibility index (Phi) is 5.47. The lowest BCUT2D eigenvalue weighted by atomic mass is 9.90. The summed E-state index contributed by atoms with van der Waals surface area (Å²) in [5, 5.41) is 1.02. The monoisotopic (exact) mass is 372 g/mol. The van der Waals surface area contributed by atoms with Gasteiger partial charge in [0.1, 0.15) is 11.5 Å². The summed E-state index contributed by atoms with van der Waals surface area (Å²) in [6.45, 7) is 1.19. The molecular formula is C24H24N2O2. The van der Waals surface area contributed by atoms with Gasteiger partial charge in [0.2, 0.25) is 0 Å². The molecule has 1 atom stereocenters. The van der Waals surface area contributed by atoms with Gasteiger partial charge >= 0.3 is 0 Å². The van der Waals surface area contributed by atoms with Gasteiger partial charge in [-0.1, -0.05) is 54.6 Å². The smallest absolute Gasteiger partial charge is 0.272 e. The van der Waals surface area contributed by atoms with Crippen molar-refractivity contribution in [3.63, 3.8) is 0 Å². The Morgan fingerprint density at radius 2 is 1.75 bits per heavy atom. The molecule has 0 spiro atoms. The largest absolute Gasteiger partial charge is 0.337 e. The average molecular weight is 372 g/mol. The van der Waals surface area contributed by atoms with Crippen molar-refractivity contribution in [2.24, 2.45) is 5.92 Å². The summed E-state index contributed by atoms with van der Waals surface area (Å²) in [7, 11) is 0. The molecule has 4 rings (SSSR count). The van der Waals surface area contributed by atoms with Gasteiger partial charge in [0.05, 0.1) is 5.52 Å². The van der Waals surface area contributed by atoms with Crippen LogP contribution in [0.3, 0.4) is 0 Å². The maximum Gasteiger partial charge on any atom is 0.272 e. The van der Waals surface area contributed by atoms with E-state index in [9.17, 15) is 9.59 Å². The Morgan fingerprint density at radius 3 is 2.61 bits per heavy atom. The first kappa shape index (κ1) is 18.4. The van der Waals surface area contributed by atoms with E-state index in [1.165, 1.54) is 5.56 Å². The summed E-state index contributed by atoms with van der Waals surface area (Å²) in [6.07, 6.45) is 3.02. The Balaban J connectivity index is 1.40. The summed E-state index contributed by atoms with van der Waals surface area (Å²) in [4.78, 5) is 32.0. The fourth-order valence-corrected chi connectivity index (χ4v) is 3.89. The molecule has 4 nitrogen and oxygen atoms in total. The van der Waals surface area contributed by atoms with Crippen LogP contribution >= 0.6 is 0 Å². The number of carbonyl (C=O) groups is 2. The maximum absolute atomic E-state index is 12.9. The van der Waals surface area contributed by atoms with Crippen molar-refractivity contribution in [1.82, 2.24) is 9.88 Å². The third-order valence-electron chi connectivity index (χ3n) is 5.48. The maximum atomic E-state index is 12.9. The van der Waals surface area contributed by atoms with Gasteiger partial charge in [-0.3, -0.25) is 9.59 Å². The highest BCUT2D eigenvalue weighted by molar-refractivity contribution is 5.95. The van der Waals surface area contributed by atoms with Crippen LogP contribution in [0.1, 0.15) is 35.3 Å². The van der Waals surface area contributed by atoms with Crippen LogP contribution in [-0.4, -0.2) is 34.7 Å². The third kappa shape index (κ3) is 4.11. The van der Waals surface area contributed by atoms with Crippen LogP contribution in [0.4, 0.5) is 0 Å². The molecule has 1 aliphatic rings. The minimum atomic E-state index is -0.0775. The number of amides is 1. The first-order valence-corrected chi connectivity index (χ1v) is 9.92. The number of piperidine rings is 1. The molecule has 2 heterocycles. The molecule has 0 unspecified atom stereocenters. The van der Waals surface area contributed by atoms with E-state index in [-0.39, 0.29) is 17.6 Å². The standard InChI is InChI=1S/C24H24N2O2/c27-23(15-12-18-7-2-1-3-8-18)20-10-6-16-26(17-20)24(28)22-14-13-19-9-4-5-11-21(19)25-22/h1-5,7-9,11,13-14,20H,6,10,12,15-17H2/t20-/m0/s1. The van der Waals surface area contributed by atoms with Gasteiger partial charge in [-0.15, -0.1) is 0 Å².